The molecule has 15 heavy (non-hydrogen) atoms. The first-order chi connectivity index (χ1) is 7.27. The van der Waals surface area contributed by atoms with E-state index in [-0.39, 0.29) is 12.1 Å². The molecule has 1 aromatic heterocycles. The first-order valence-electron chi connectivity index (χ1n) is 4.64. The Balaban J connectivity index is 2.32. The molecular formula is C12H10F2N+. The van der Waals surface area contributed by atoms with Gasteiger partial charge in [-0.15, -0.1) is 0 Å². The minimum Gasteiger partial charge on any atom is -0.206 e. The Morgan fingerprint density at radius 3 is 2.07 bits per heavy atom. The summed E-state index contributed by atoms with van der Waals surface area (Å²) in [5.41, 5.74) is 0.0914. The highest BCUT2D eigenvalue weighted by Crippen LogP contribution is 2.10. The van der Waals surface area contributed by atoms with Crippen LogP contribution in [0, 0.1) is 11.6 Å². The second-order valence-electron chi connectivity index (χ2n) is 3.25. The van der Waals surface area contributed by atoms with Gasteiger partial charge in [0.1, 0.15) is 11.6 Å². The third-order valence-electron chi connectivity index (χ3n) is 2.18. The summed E-state index contributed by atoms with van der Waals surface area (Å²) in [5.74, 6) is -1.02. The lowest BCUT2D eigenvalue weighted by atomic mass is 10.2. The molecule has 1 aromatic carbocycles. The van der Waals surface area contributed by atoms with Crippen molar-refractivity contribution in [2.24, 2.45) is 0 Å². The van der Waals surface area contributed by atoms with Gasteiger partial charge < -0.3 is 0 Å². The van der Waals surface area contributed by atoms with Crippen molar-refractivity contribution in [2.45, 2.75) is 6.54 Å². The number of hydrogen-bond donors (Lipinski definition) is 0. The SMILES string of the molecule is Fc1cccc(F)c1C[n+]1ccccc1. The van der Waals surface area contributed by atoms with Gasteiger partial charge in [-0.05, 0) is 12.1 Å². The van der Waals surface area contributed by atoms with Crippen molar-refractivity contribution >= 4 is 0 Å². The Morgan fingerprint density at radius 1 is 0.867 bits per heavy atom. The normalized spacial score (nSPS) is 10.3. The molecule has 0 aliphatic heterocycles. The Morgan fingerprint density at radius 2 is 1.47 bits per heavy atom. The van der Waals surface area contributed by atoms with Gasteiger partial charge in [-0.25, -0.2) is 13.3 Å². The van der Waals surface area contributed by atoms with Crippen LogP contribution in [-0.2, 0) is 6.54 Å². The maximum absolute atomic E-state index is 13.3. The number of rotatable bonds is 2. The lowest BCUT2D eigenvalue weighted by Crippen LogP contribution is -2.33. The highest BCUT2D eigenvalue weighted by atomic mass is 19.1. The molecule has 0 N–H and O–H groups in total. The zero-order chi connectivity index (χ0) is 10.7. The third kappa shape index (κ3) is 2.18. The molecule has 2 rings (SSSR count). The second-order valence-corrected chi connectivity index (χ2v) is 3.25. The van der Waals surface area contributed by atoms with Gasteiger partial charge in [0.15, 0.2) is 18.9 Å². The van der Waals surface area contributed by atoms with Gasteiger partial charge in [0.25, 0.3) is 0 Å². The summed E-state index contributed by atoms with van der Waals surface area (Å²) in [4.78, 5) is 0. The zero-order valence-electron chi connectivity index (χ0n) is 8.03. The number of hydrogen-bond acceptors (Lipinski definition) is 0. The Hall–Kier alpha value is -1.77. The summed E-state index contributed by atoms with van der Waals surface area (Å²) in [6, 6.07) is 9.39. The standard InChI is InChI=1S/C12H10F2N/c13-11-5-4-6-12(14)10(11)9-15-7-2-1-3-8-15/h1-8H,9H2/q+1. The van der Waals surface area contributed by atoms with E-state index in [1.807, 2.05) is 18.2 Å². The van der Waals surface area contributed by atoms with E-state index in [2.05, 4.69) is 0 Å². The van der Waals surface area contributed by atoms with Crippen LogP contribution >= 0.6 is 0 Å². The number of pyridine rings is 1. The second kappa shape index (κ2) is 4.17. The van der Waals surface area contributed by atoms with Crippen LogP contribution in [0.5, 0.6) is 0 Å². The van der Waals surface area contributed by atoms with Crippen molar-refractivity contribution in [3.05, 3.63) is 66.0 Å². The average molecular weight is 206 g/mol. The molecule has 0 spiro atoms. The Labute approximate surface area is 86.6 Å². The molecule has 0 atom stereocenters. The first-order valence-corrected chi connectivity index (χ1v) is 4.64. The van der Waals surface area contributed by atoms with Gasteiger partial charge in [-0.1, -0.05) is 12.1 Å². The topological polar surface area (TPSA) is 3.88 Å². The molecule has 0 saturated carbocycles. The highest BCUT2D eigenvalue weighted by Gasteiger charge is 2.12. The van der Waals surface area contributed by atoms with E-state index in [9.17, 15) is 8.78 Å². The molecule has 0 amide bonds. The van der Waals surface area contributed by atoms with Crippen LogP contribution in [0.25, 0.3) is 0 Å². The molecule has 0 saturated heterocycles. The lowest BCUT2D eigenvalue weighted by Gasteiger charge is -2.00. The predicted octanol–water partition coefficient (Wildman–Crippen LogP) is 2.30. The van der Waals surface area contributed by atoms with E-state index in [1.54, 1.807) is 17.0 Å². The van der Waals surface area contributed by atoms with Gasteiger partial charge in [0.05, 0.1) is 5.56 Å². The predicted molar refractivity (Wildman–Crippen MR) is 52.1 cm³/mol. The summed E-state index contributed by atoms with van der Waals surface area (Å²) in [5, 5.41) is 0. The molecule has 0 bridgehead atoms. The third-order valence-corrected chi connectivity index (χ3v) is 2.18. The monoisotopic (exact) mass is 206 g/mol. The van der Waals surface area contributed by atoms with Crippen LogP contribution in [0.15, 0.2) is 48.8 Å². The smallest absolute Gasteiger partial charge is 0.179 e. The molecule has 0 radical (unpaired) electrons. The lowest BCUT2D eigenvalue weighted by molar-refractivity contribution is -0.688. The average Bonchev–Trinajstić information content (AvgIpc) is 2.25. The fraction of sp³-hybridized carbons (Fsp3) is 0.0833. The summed E-state index contributed by atoms with van der Waals surface area (Å²) in [6.07, 6.45) is 3.54. The van der Waals surface area contributed by atoms with E-state index in [0.717, 1.165) is 0 Å². The van der Waals surface area contributed by atoms with Crippen LogP contribution in [0.1, 0.15) is 5.56 Å². The fourth-order valence-electron chi connectivity index (χ4n) is 1.41. The zero-order valence-corrected chi connectivity index (χ0v) is 8.03. The van der Waals surface area contributed by atoms with Crippen LogP contribution in [0.3, 0.4) is 0 Å². The number of nitrogens with zero attached hydrogens (tertiary/aromatic N) is 1. The molecule has 0 unspecified atom stereocenters. The maximum atomic E-state index is 13.3. The minimum absolute atomic E-state index is 0.0914. The van der Waals surface area contributed by atoms with E-state index in [0.29, 0.717) is 0 Å². The van der Waals surface area contributed by atoms with E-state index < -0.39 is 11.6 Å². The van der Waals surface area contributed by atoms with Gasteiger partial charge >= 0.3 is 0 Å². The summed E-state index contributed by atoms with van der Waals surface area (Å²) >= 11 is 0. The molecule has 0 aliphatic rings. The molecule has 1 nitrogen and oxygen atoms in total. The summed E-state index contributed by atoms with van der Waals surface area (Å²) in [6.45, 7) is 0.208. The van der Waals surface area contributed by atoms with E-state index >= 15 is 0 Å². The number of benzene rings is 1. The van der Waals surface area contributed by atoms with Crippen molar-refractivity contribution in [1.82, 2.24) is 0 Å². The number of halogens is 2. The Kier molecular flexibility index (Phi) is 2.72. The van der Waals surface area contributed by atoms with Crippen molar-refractivity contribution in [3.63, 3.8) is 0 Å². The van der Waals surface area contributed by atoms with Crippen molar-refractivity contribution < 1.29 is 13.3 Å². The van der Waals surface area contributed by atoms with Gasteiger partial charge in [0.2, 0.25) is 0 Å². The van der Waals surface area contributed by atoms with Crippen molar-refractivity contribution in [2.75, 3.05) is 0 Å². The molecule has 2 aromatic rings. The van der Waals surface area contributed by atoms with E-state index in [4.69, 9.17) is 0 Å². The van der Waals surface area contributed by atoms with Gasteiger partial charge in [-0.3, -0.25) is 0 Å². The molecule has 0 aliphatic carbocycles. The number of aromatic nitrogens is 1. The molecule has 0 fully saturated rings. The van der Waals surface area contributed by atoms with Crippen LogP contribution < -0.4 is 4.57 Å². The minimum atomic E-state index is -0.508. The maximum Gasteiger partial charge on any atom is 0.179 e. The van der Waals surface area contributed by atoms with Crippen LogP contribution in [-0.4, -0.2) is 0 Å². The molecule has 76 valence electrons. The molecular weight excluding hydrogens is 196 g/mol. The Bertz CT molecular complexity index is 434. The van der Waals surface area contributed by atoms with E-state index in [1.165, 1.54) is 18.2 Å². The molecule has 1 heterocycles. The summed E-state index contributed by atoms with van der Waals surface area (Å²) < 4.78 is 28.3. The van der Waals surface area contributed by atoms with Crippen molar-refractivity contribution in [3.8, 4) is 0 Å². The first kappa shape index (κ1) is 9.77. The van der Waals surface area contributed by atoms with Crippen LogP contribution in [0.4, 0.5) is 8.78 Å². The quantitative estimate of drug-likeness (QED) is 0.664. The molecule has 3 heteroatoms. The van der Waals surface area contributed by atoms with Gasteiger partial charge in [0, 0.05) is 12.1 Å². The largest absolute Gasteiger partial charge is 0.206 e. The van der Waals surface area contributed by atoms with Crippen molar-refractivity contribution in [1.29, 1.82) is 0 Å². The highest BCUT2D eigenvalue weighted by molar-refractivity contribution is 5.18. The van der Waals surface area contributed by atoms with Crippen LogP contribution in [0.2, 0.25) is 0 Å². The van der Waals surface area contributed by atoms with Gasteiger partial charge in [-0.2, -0.15) is 0 Å². The summed E-state index contributed by atoms with van der Waals surface area (Å²) in [7, 11) is 0. The fourth-order valence-corrected chi connectivity index (χ4v) is 1.41.